The molecule has 0 aliphatic heterocycles. The van der Waals surface area contributed by atoms with Crippen LogP contribution in [0.15, 0.2) is 25.8 Å². The van der Waals surface area contributed by atoms with Crippen LogP contribution in [0.1, 0.15) is 27.1 Å². The third-order valence-electron chi connectivity index (χ3n) is 2.78. The number of halogens is 4. The van der Waals surface area contributed by atoms with Crippen molar-refractivity contribution < 1.29 is 0 Å². The summed E-state index contributed by atoms with van der Waals surface area (Å²) in [6, 6.07) is 6.31. The Morgan fingerprint density at radius 3 is 2.28 bits per heavy atom. The molecule has 0 amide bonds. The molecule has 0 spiro atoms. The van der Waals surface area contributed by atoms with Crippen LogP contribution in [0.25, 0.3) is 0 Å². The van der Waals surface area contributed by atoms with Crippen molar-refractivity contribution in [2.45, 2.75) is 18.7 Å². The third kappa shape index (κ3) is 3.04. The molecule has 1 heterocycles. The Morgan fingerprint density at radius 2 is 1.72 bits per heavy atom. The Hall–Kier alpha value is 0.650. The van der Waals surface area contributed by atoms with Crippen LogP contribution in [-0.2, 0) is 0 Å². The number of hydrogen-bond donors (Lipinski definition) is 0. The van der Waals surface area contributed by atoms with E-state index in [1.807, 2.05) is 13.0 Å². The van der Waals surface area contributed by atoms with Crippen molar-refractivity contribution >= 4 is 70.7 Å². The lowest BCUT2D eigenvalue weighted by Crippen LogP contribution is -1.96. The maximum absolute atomic E-state index is 6.14. The molecule has 2 rings (SSSR count). The maximum atomic E-state index is 6.14. The molecule has 0 saturated heterocycles. The van der Waals surface area contributed by atoms with E-state index >= 15 is 0 Å². The fourth-order valence-electron chi connectivity index (χ4n) is 1.77. The van der Waals surface area contributed by atoms with E-state index in [2.05, 4.69) is 66.8 Å². The molecule has 5 heteroatoms. The molecule has 0 aliphatic carbocycles. The van der Waals surface area contributed by atoms with E-state index in [4.69, 9.17) is 11.6 Å². The summed E-state index contributed by atoms with van der Waals surface area (Å²) in [5.74, 6) is 0. The first-order valence-corrected chi connectivity index (χ1v) is 8.95. The van der Waals surface area contributed by atoms with Gasteiger partial charge >= 0.3 is 0 Å². The van der Waals surface area contributed by atoms with Gasteiger partial charge in [0.05, 0.1) is 12.4 Å². The molecule has 0 nitrogen and oxygen atoms in total. The molecule has 0 N–H and O–H groups in total. The van der Waals surface area contributed by atoms with Crippen LogP contribution in [0.5, 0.6) is 0 Å². The van der Waals surface area contributed by atoms with E-state index in [-0.39, 0.29) is 4.83 Å². The predicted molar refractivity (Wildman–Crippen MR) is 91.4 cm³/mol. The summed E-state index contributed by atoms with van der Waals surface area (Å²) < 4.78 is 2.26. The SMILES string of the molecule is Cc1cc(C(Br)c2cc(Br)sc2Br)c(C)cc1Cl. The highest BCUT2D eigenvalue weighted by atomic mass is 79.9. The number of aryl methyl sites for hydroxylation is 2. The molecule has 0 saturated carbocycles. The lowest BCUT2D eigenvalue weighted by atomic mass is 10.00. The normalized spacial score (nSPS) is 12.8. The third-order valence-corrected chi connectivity index (χ3v) is 6.56. The molecule has 1 unspecified atom stereocenters. The van der Waals surface area contributed by atoms with E-state index in [1.54, 1.807) is 11.3 Å². The van der Waals surface area contributed by atoms with Crippen molar-refractivity contribution in [1.29, 1.82) is 0 Å². The summed E-state index contributed by atoms with van der Waals surface area (Å²) >= 11 is 18.7. The Morgan fingerprint density at radius 1 is 1.06 bits per heavy atom. The quantitative estimate of drug-likeness (QED) is 0.411. The van der Waals surface area contributed by atoms with Gasteiger partial charge in [0.15, 0.2) is 0 Å². The van der Waals surface area contributed by atoms with Crippen molar-refractivity contribution in [3.8, 4) is 0 Å². The first-order chi connectivity index (χ1) is 8.40. The number of rotatable bonds is 2. The molecule has 96 valence electrons. The first kappa shape index (κ1) is 15.0. The molecular formula is C13H10Br3ClS. The molecule has 1 atom stereocenters. The minimum Gasteiger partial charge on any atom is -0.121 e. The van der Waals surface area contributed by atoms with E-state index in [1.165, 1.54) is 16.7 Å². The summed E-state index contributed by atoms with van der Waals surface area (Å²) in [5.41, 5.74) is 4.79. The van der Waals surface area contributed by atoms with Crippen molar-refractivity contribution in [2.24, 2.45) is 0 Å². The Bertz CT molecular complexity index is 592. The van der Waals surface area contributed by atoms with Crippen molar-refractivity contribution in [2.75, 3.05) is 0 Å². The Labute approximate surface area is 141 Å². The Balaban J connectivity index is 2.49. The second-order valence-electron chi connectivity index (χ2n) is 4.10. The predicted octanol–water partition coefficient (Wildman–Crippen LogP) is 7.03. The fraction of sp³-hybridized carbons (Fsp3) is 0.231. The van der Waals surface area contributed by atoms with E-state index in [0.29, 0.717) is 0 Å². The fourth-order valence-corrected chi connectivity index (χ4v) is 6.20. The van der Waals surface area contributed by atoms with Gasteiger partial charge < -0.3 is 0 Å². The monoisotopic (exact) mass is 470 g/mol. The second kappa shape index (κ2) is 5.96. The van der Waals surface area contributed by atoms with E-state index in [9.17, 15) is 0 Å². The van der Waals surface area contributed by atoms with Gasteiger partial charge in [-0.15, -0.1) is 11.3 Å². The largest absolute Gasteiger partial charge is 0.121 e. The zero-order valence-electron chi connectivity index (χ0n) is 9.73. The maximum Gasteiger partial charge on any atom is 0.0757 e. The zero-order chi connectivity index (χ0) is 13.4. The number of hydrogen-bond acceptors (Lipinski definition) is 1. The van der Waals surface area contributed by atoms with Gasteiger partial charge in [0, 0.05) is 5.02 Å². The molecule has 1 aromatic heterocycles. The van der Waals surface area contributed by atoms with Crippen LogP contribution >= 0.6 is 70.7 Å². The Kier molecular flexibility index (Phi) is 4.98. The lowest BCUT2D eigenvalue weighted by molar-refractivity contribution is 1.14. The van der Waals surface area contributed by atoms with Crippen LogP contribution in [0.2, 0.25) is 5.02 Å². The molecule has 0 fully saturated rings. The van der Waals surface area contributed by atoms with Gasteiger partial charge in [-0.1, -0.05) is 33.6 Å². The van der Waals surface area contributed by atoms with Gasteiger partial charge in [0.1, 0.15) is 0 Å². The van der Waals surface area contributed by atoms with E-state index < -0.39 is 0 Å². The van der Waals surface area contributed by atoms with Crippen molar-refractivity contribution in [3.05, 3.63) is 53.0 Å². The van der Waals surface area contributed by atoms with Gasteiger partial charge in [-0.05, 0) is 80.1 Å². The highest BCUT2D eigenvalue weighted by Gasteiger charge is 2.18. The average Bonchev–Trinajstić information content (AvgIpc) is 2.62. The number of alkyl halides is 1. The van der Waals surface area contributed by atoms with Crippen LogP contribution in [-0.4, -0.2) is 0 Å². The molecule has 1 aromatic carbocycles. The van der Waals surface area contributed by atoms with Crippen LogP contribution in [0.4, 0.5) is 0 Å². The molecular weight excluding hydrogens is 463 g/mol. The van der Waals surface area contributed by atoms with Gasteiger partial charge in [0.2, 0.25) is 0 Å². The number of benzene rings is 1. The number of thiophene rings is 1. The molecule has 0 radical (unpaired) electrons. The van der Waals surface area contributed by atoms with Crippen LogP contribution in [0.3, 0.4) is 0 Å². The average molecular weight is 473 g/mol. The molecule has 2 aromatic rings. The molecule has 0 bridgehead atoms. The summed E-state index contributed by atoms with van der Waals surface area (Å²) in [7, 11) is 0. The van der Waals surface area contributed by atoms with Gasteiger partial charge in [-0.3, -0.25) is 0 Å². The van der Waals surface area contributed by atoms with E-state index in [0.717, 1.165) is 18.2 Å². The van der Waals surface area contributed by atoms with Crippen molar-refractivity contribution in [1.82, 2.24) is 0 Å². The molecule has 18 heavy (non-hydrogen) atoms. The van der Waals surface area contributed by atoms with Gasteiger partial charge in [0.25, 0.3) is 0 Å². The zero-order valence-corrected chi connectivity index (χ0v) is 16.1. The molecule has 0 aliphatic rings. The lowest BCUT2D eigenvalue weighted by Gasteiger charge is -2.14. The smallest absolute Gasteiger partial charge is 0.0757 e. The van der Waals surface area contributed by atoms with Crippen LogP contribution < -0.4 is 0 Å². The summed E-state index contributed by atoms with van der Waals surface area (Å²) in [6.45, 7) is 4.12. The summed E-state index contributed by atoms with van der Waals surface area (Å²) in [6.07, 6.45) is 0. The first-order valence-electron chi connectivity index (χ1n) is 5.25. The highest BCUT2D eigenvalue weighted by molar-refractivity contribution is 9.12. The van der Waals surface area contributed by atoms with Crippen LogP contribution in [0, 0.1) is 13.8 Å². The highest BCUT2D eigenvalue weighted by Crippen LogP contribution is 2.43. The minimum atomic E-state index is 0.172. The van der Waals surface area contributed by atoms with Gasteiger partial charge in [-0.25, -0.2) is 0 Å². The topological polar surface area (TPSA) is 0 Å². The van der Waals surface area contributed by atoms with Gasteiger partial charge in [-0.2, -0.15) is 0 Å². The minimum absolute atomic E-state index is 0.172. The standard InChI is InChI=1S/C13H10Br3ClS/c1-6-4-10(17)7(2)3-8(6)12(15)9-5-11(14)18-13(9)16/h3-5,12H,1-2H3. The summed E-state index contributed by atoms with van der Waals surface area (Å²) in [4.78, 5) is 0.172. The van der Waals surface area contributed by atoms with Crippen molar-refractivity contribution in [3.63, 3.8) is 0 Å². The summed E-state index contributed by atoms with van der Waals surface area (Å²) in [5, 5.41) is 0.821. The second-order valence-corrected chi connectivity index (χ2v) is 9.17.